The average Bonchev–Trinajstić information content (AvgIpc) is 2.29. The van der Waals surface area contributed by atoms with Crippen LogP contribution in [0.25, 0.3) is 0 Å². The van der Waals surface area contributed by atoms with Gasteiger partial charge in [0, 0.05) is 18.4 Å². The summed E-state index contributed by atoms with van der Waals surface area (Å²) in [6.07, 6.45) is 4.78. The van der Waals surface area contributed by atoms with E-state index in [0.29, 0.717) is 18.8 Å². The molecule has 0 bridgehead atoms. The predicted octanol–water partition coefficient (Wildman–Crippen LogP) is 2.49. The van der Waals surface area contributed by atoms with E-state index >= 15 is 0 Å². The molecule has 0 spiro atoms. The van der Waals surface area contributed by atoms with Crippen LogP contribution in [0.1, 0.15) is 42.2 Å². The number of hydrogen-bond donors (Lipinski definition) is 1. The Morgan fingerprint density at radius 2 is 2.31 bits per heavy atom. The third-order valence-electron chi connectivity index (χ3n) is 2.24. The maximum absolute atomic E-state index is 10.8. The molecule has 0 amide bonds. The van der Waals surface area contributed by atoms with Crippen LogP contribution in [-0.2, 0) is 11.3 Å². The molecule has 0 aromatic carbocycles. The number of carboxylic acids is 1. The first-order valence-electron chi connectivity index (χ1n) is 5.50. The Bertz CT molecular complexity index is 339. The van der Waals surface area contributed by atoms with Crippen molar-refractivity contribution >= 4 is 5.97 Å². The van der Waals surface area contributed by atoms with Gasteiger partial charge in [0.05, 0.1) is 6.61 Å². The zero-order chi connectivity index (χ0) is 11.8. The Balaban J connectivity index is 2.44. The van der Waals surface area contributed by atoms with Gasteiger partial charge in [0.1, 0.15) is 0 Å². The number of carbonyl (C=O) groups is 1. The van der Waals surface area contributed by atoms with Crippen molar-refractivity contribution in [2.75, 3.05) is 6.61 Å². The van der Waals surface area contributed by atoms with Crippen molar-refractivity contribution in [1.82, 2.24) is 4.98 Å². The number of rotatable bonds is 7. The van der Waals surface area contributed by atoms with E-state index in [1.54, 1.807) is 12.1 Å². The van der Waals surface area contributed by atoms with Gasteiger partial charge in [0.15, 0.2) is 5.69 Å². The maximum atomic E-state index is 10.8. The molecule has 16 heavy (non-hydrogen) atoms. The second kappa shape index (κ2) is 6.95. The molecule has 0 radical (unpaired) electrons. The summed E-state index contributed by atoms with van der Waals surface area (Å²) in [5, 5.41) is 8.89. The van der Waals surface area contributed by atoms with Crippen molar-refractivity contribution in [2.24, 2.45) is 0 Å². The van der Waals surface area contributed by atoms with E-state index in [2.05, 4.69) is 11.9 Å². The summed E-state index contributed by atoms with van der Waals surface area (Å²) >= 11 is 0. The SMILES string of the molecule is CCCCCOCc1cccnc1C(=O)O. The van der Waals surface area contributed by atoms with Gasteiger partial charge in [-0.25, -0.2) is 9.78 Å². The van der Waals surface area contributed by atoms with Crippen LogP contribution in [-0.4, -0.2) is 22.7 Å². The molecule has 1 heterocycles. The van der Waals surface area contributed by atoms with Crippen LogP contribution >= 0.6 is 0 Å². The van der Waals surface area contributed by atoms with Crippen molar-refractivity contribution in [3.63, 3.8) is 0 Å². The van der Waals surface area contributed by atoms with Crippen molar-refractivity contribution in [3.05, 3.63) is 29.6 Å². The number of hydrogen-bond acceptors (Lipinski definition) is 3. The summed E-state index contributed by atoms with van der Waals surface area (Å²) in [4.78, 5) is 14.7. The molecule has 4 nitrogen and oxygen atoms in total. The number of pyridine rings is 1. The molecule has 0 aliphatic rings. The second-order valence-corrected chi connectivity index (χ2v) is 3.58. The van der Waals surface area contributed by atoms with E-state index in [1.807, 2.05) is 0 Å². The van der Waals surface area contributed by atoms with Crippen LogP contribution in [0.2, 0.25) is 0 Å². The van der Waals surface area contributed by atoms with Gasteiger partial charge >= 0.3 is 5.97 Å². The Hall–Kier alpha value is -1.42. The molecular formula is C12H17NO3. The molecule has 1 rings (SSSR count). The molecule has 0 aliphatic carbocycles. The molecule has 0 fully saturated rings. The Labute approximate surface area is 95.3 Å². The average molecular weight is 223 g/mol. The fourth-order valence-corrected chi connectivity index (χ4v) is 1.38. The molecule has 4 heteroatoms. The maximum Gasteiger partial charge on any atom is 0.354 e. The van der Waals surface area contributed by atoms with E-state index in [1.165, 1.54) is 6.20 Å². The fourth-order valence-electron chi connectivity index (χ4n) is 1.38. The minimum atomic E-state index is -1.01. The molecule has 1 aromatic rings. The summed E-state index contributed by atoms with van der Waals surface area (Å²) in [5.74, 6) is -1.01. The number of aromatic carboxylic acids is 1. The van der Waals surface area contributed by atoms with Gasteiger partial charge in [-0.15, -0.1) is 0 Å². The largest absolute Gasteiger partial charge is 0.477 e. The third-order valence-corrected chi connectivity index (χ3v) is 2.24. The molecule has 0 aliphatic heterocycles. The lowest BCUT2D eigenvalue weighted by Crippen LogP contribution is -2.07. The molecule has 0 unspecified atom stereocenters. The standard InChI is InChI=1S/C12H17NO3/c1-2-3-4-8-16-9-10-6-5-7-13-11(10)12(14)15/h5-7H,2-4,8-9H2,1H3,(H,14,15). The van der Waals surface area contributed by atoms with Crippen LogP contribution in [0.15, 0.2) is 18.3 Å². The minimum Gasteiger partial charge on any atom is -0.477 e. The highest BCUT2D eigenvalue weighted by atomic mass is 16.5. The first kappa shape index (κ1) is 12.6. The highest BCUT2D eigenvalue weighted by Gasteiger charge is 2.10. The van der Waals surface area contributed by atoms with Crippen molar-refractivity contribution < 1.29 is 14.6 Å². The highest BCUT2D eigenvalue weighted by molar-refractivity contribution is 5.86. The van der Waals surface area contributed by atoms with E-state index in [9.17, 15) is 4.79 Å². The normalized spacial score (nSPS) is 10.3. The lowest BCUT2D eigenvalue weighted by molar-refractivity contribution is 0.0679. The molecule has 0 atom stereocenters. The van der Waals surface area contributed by atoms with E-state index in [4.69, 9.17) is 9.84 Å². The Kier molecular flexibility index (Phi) is 5.50. The smallest absolute Gasteiger partial charge is 0.354 e. The monoisotopic (exact) mass is 223 g/mol. The topological polar surface area (TPSA) is 59.4 Å². The predicted molar refractivity (Wildman–Crippen MR) is 60.4 cm³/mol. The van der Waals surface area contributed by atoms with Gasteiger partial charge in [0.2, 0.25) is 0 Å². The number of aromatic nitrogens is 1. The van der Waals surface area contributed by atoms with Crippen LogP contribution in [0, 0.1) is 0 Å². The first-order chi connectivity index (χ1) is 7.75. The lowest BCUT2D eigenvalue weighted by atomic mass is 10.2. The van der Waals surface area contributed by atoms with E-state index in [-0.39, 0.29) is 5.69 Å². The molecule has 0 saturated carbocycles. The Morgan fingerprint density at radius 1 is 1.50 bits per heavy atom. The van der Waals surface area contributed by atoms with Gasteiger partial charge in [-0.3, -0.25) is 0 Å². The van der Waals surface area contributed by atoms with Gasteiger partial charge in [-0.2, -0.15) is 0 Å². The third kappa shape index (κ3) is 3.98. The lowest BCUT2D eigenvalue weighted by Gasteiger charge is -2.06. The highest BCUT2D eigenvalue weighted by Crippen LogP contribution is 2.07. The number of nitrogens with zero attached hydrogens (tertiary/aromatic N) is 1. The van der Waals surface area contributed by atoms with Gasteiger partial charge < -0.3 is 9.84 Å². The zero-order valence-electron chi connectivity index (χ0n) is 9.48. The Morgan fingerprint density at radius 3 is 3.00 bits per heavy atom. The van der Waals surface area contributed by atoms with Gasteiger partial charge in [0.25, 0.3) is 0 Å². The quantitative estimate of drug-likeness (QED) is 0.721. The number of unbranched alkanes of at least 4 members (excludes halogenated alkanes) is 2. The van der Waals surface area contributed by atoms with Gasteiger partial charge in [-0.1, -0.05) is 25.8 Å². The fraction of sp³-hybridized carbons (Fsp3) is 0.500. The van der Waals surface area contributed by atoms with Crippen LogP contribution in [0.5, 0.6) is 0 Å². The summed E-state index contributed by atoms with van der Waals surface area (Å²) in [6.45, 7) is 3.12. The first-order valence-corrected chi connectivity index (χ1v) is 5.50. The van der Waals surface area contributed by atoms with Gasteiger partial charge in [-0.05, 0) is 12.5 Å². The summed E-state index contributed by atoms with van der Waals surface area (Å²) in [7, 11) is 0. The zero-order valence-corrected chi connectivity index (χ0v) is 9.48. The molecular weight excluding hydrogens is 206 g/mol. The van der Waals surface area contributed by atoms with Crippen LogP contribution in [0.3, 0.4) is 0 Å². The van der Waals surface area contributed by atoms with E-state index < -0.39 is 5.97 Å². The summed E-state index contributed by atoms with van der Waals surface area (Å²) in [5.41, 5.74) is 0.712. The van der Waals surface area contributed by atoms with Crippen LogP contribution < -0.4 is 0 Å². The van der Waals surface area contributed by atoms with Crippen LogP contribution in [0.4, 0.5) is 0 Å². The molecule has 0 saturated heterocycles. The number of ether oxygens (including phenoxy) is 1. The summed E-state index contributed by atoms with van der Waals surface area (Å²) < 4.78 is 5.41. The summed E-state index contributed by atoms with van der Waals surface area (Å²) in [6, 6.07) is 3.45. The number of carboxylic acid groups (broad SMARTS) is 1. The molecule has 1 aromatic heterocycles. The minimum absolute atomic E-state index is 0.0815. The van der Waals surface area contributed by atoms with E-state index in [0.717, 1.165) is 19.3 Å². The molecule has 1 N–H and O–H groups in total. The van der Waals surface area contributed by atoms with Crippen molar-refractivity contribution in [2.45, 2.75) is 32.8 Å². The second-order valence-electron chi connectivity index (χ2n) is 3.58. The molecule has 88 valence electrons. The van der Waals surface area contributed by atoms with Crippen molar-refractivity contribution in [1.29, 1.82) is 0 Å². The van der Waals surface area contributed by atoms with Crippen molar-refractivity contribution in [3.8, 4) is 0 Å².